The van der Waals surface area contributed by atoms with Crippen LogP contribution in [0.2, 0.25) is 0 Å². The largest absolute Gasteiger partial charge is 0.502 e. The third-order valence-electron chi connectivity index (χ3n) is 4.01. The van der Waals surface area contributed by atoms with Crippen molar-refractivity contribution in [2.75, 3.05) is 0 Å². The fourth-order valence-electron chi connectivity index (χ4n) is 2.59. The molecule has 3 aromatic rings. The maximum atomic E-state index is 12.3. The average Bonchev–Trinajstić information content (AvgIpc) is 2.76. The predicted molar refractivity (Wildman–Crippen MR) is 104 cm³/mol. The summed E-state index contributed by atoms with van der Waals surface area (Å²) in [7, 11) is 0. The third kappa shape index (κ3) is 4.45. The van der Waals surface area contributed by atoms with Gasteiger partial charge in [0.25, 0.3) is 11.4 Å². The number of nitrogens with zero attached hydrogens (tertiary/aromatic N) is 2. The number of rotatable bonds is 6. The van der Waals surface area contributed by atoms with E-state index in [1.54, 1.807) is 0 Å². The van der Waals surface area contributed by atoms with Crippen molar-refractivity contribution in [1.29, 1.82) is 0 Å². The number of benzene rings is 3. The predicted octanol–water partition coefficient (Wildman–Crippen LogP) is 3.65. The number of phenols is 1. The van der Waals surface area contributed by atoms with E-state index < -0.39 is 50.4 Å². The molecule has 0 aliphatic heterocycles. The van der Waals surface area contributed by atoms with Gasteiger partial charge in [0.05, 0.1) is 9.85 Å². The lowest BCUT2D eigenvalue weighted by molar-refractivity contribution is -0.385. The number of aromatic hydroxyl groups is 1. The van der Waals surface area contributed by atoms with E-state index in [-0.39, 0.29) is 11.1 Å². The summed E-state index contributed by atoms with van der Waals surface area (Å²) in [5, 5.41) is 32.5. The number of nitro benzene ring substituents is 2. The molecule has 0 heterocycles. The van der Waals surface area contributed by atoms with Crippen LogP contribution in [0.1, 0.15) is 20.7 Å². The summed E-state index contributed by atoms with van der Waals surface area (Å²) in [5.74, 6) is -3.86. The van der Waals surface area contributed by atoms with Crippen LogP contribution in [0, 0.1) is 20.2 Å². The van der Waals surface area contributed by atoms with E-state index in [1.165, 1.54) is 54.6 Å². The number of esters is 2. The van der Waals surface area contributed by atoms with Crippen LogP contribution in [0.3, 0.4) is 0 Å². The van der Waals surface area contributed by atoms with E-state index in [9.17, 15) is 34.9 Å². The zero-order valence-electron chi connectivity index (χ0n) is 15.5. The summed E-state index contributed by atoms with van der Waals surface area (Å²) in [5.41, 5.74) is -1.69. The van der Waals surface area contributed by atoms with Gasteiger partial charge in [0.2, 0.25) is 5.75 Å². The lowest BCUT2D eigenvalue weighted by atomic mass is 10.2. The zero-order valence-corrected chi connectivity index (χ0v) is 15.5. The number of nitro groups is 2. The normalized spacial score (nSPS) is 10.2. The van der Waals surface area contributed by atoms with Crippen LogP contribution < -0.4 is 9.47 Å². The van der Waals surface area contributed by atoms with Crippen LogP contribution in [-0.2, 0) is 0 Å². The first-order valence-electron chi connectivity index (χ1n) is 8.52. The molecule has 0 saturated carbocycles. The Morgan fingerprint density at radius 3 is 1.45 bits per heavy atom. The van der Waals surface area contributed by atoms with E-state index in [0.717, 1.165) is 12.1 Å². The number of hydrogen-bond acceptors (Lipinski definition) is 9. The van der Waals surface area contributed by atoms with E-state index in [4.69, 9.17) is 9.47 Å². The van der Waals surface area contributed by atoms with Gasteiger partial charge >= 0.3 is 11.9 Å². The van der Waals surface area contributed by atoms with Crippen LogP contribution >= 0.6 is 0 Å². The molecule has 0 bridgehead atoms. The lowest BCUT2D eigenvalue weighted by Gasteiger charge is -2.10. The molecule has 0 atom stereocenters. The van der Waals surface area contributed by atoms with Gasteiger partial charge in [0.15, 0.2) is 11.5 Å². The van der Waals surface area contributed by atoms with Crippen molar-refractivity contribution in [3.05, 3.63) is 98.1 Å². The highest BCUT2D eigenvalue weighted by Crippen LogP contribution is 2.37. The van der Waals surface area contributed by atoms with E-state index >= 15 is 0 Å². The maximum Gasteiger partial charge on any atom is 0.350 e. The number of phenolic OH excluding ortho intramolecular Hbond substituents is 1. The maximum absolute atomic E-state index is 12.3. The minimum atomic E-state index is -1.12. The Bertz CT molecular complexity index is 1120. The first-order valence-corrected chi connectivity index (χ1v) is 8.52. The van der Waals surface area contributed by atoms with Crippen LogP contribution in [0.4, 0.5) is 11.4 Å². The molecule has 3 rings (SSSR count). The highest BCUT2D eigenvalue weighted by atomic mass is 16.6. The Morgan fingerprint density at radius 1 is 0.677 bits per heavy atom. The second kappa shape index (κ2) is 8.69. The first-order chi connectivity index (χ1) is 14.8. The second-order valence-corrected chi connectivity index (χ2v) is 5.93. The van der Waals surface area contributed by atoms with Gasteiger partial charge in [-0.25, -0.2) is 9.59 Å². The summed E-state index contributed by atoms with van der Waals surface area (Å²) in [6.07, 6.45) is 0. The topological polar surface area (TPSA) is 159 Å². The fraction of sp³-hybridized carbons (Fsp3) is 0. The first kappa shape index (κ1) is 20.9. The molecule has 11 heteroatoms. The number of para-hydroxylation sites is 3. The van der Waals surface area contributed by atoms with Crippen molar-refractivity contribution < 1.29 is 34.0 Å². The Labute approximate surface area is 173 Å². The molecule has 0 aliphatic rings. The second-order valence-electron chi connectivity index (χ2n) is 5.93. The molecule has 0 aliphatic carbocycles. The van der Waals surface area contributed by atoms with Crippen LogP contribution in [-0.4, -0.2) is 26.9 Å². The van der Waals surface area contributed by atoms with Crippen molar-refractivity contribution in [2.45, 2.75) is 0 Å². The van der Waals surface area contributed by atoms with Crippen molar-refractivity contribution in [1.82, 2.24) is 0 Å². The molecule has 0 radical (unpaired) electrons. The van der Waals surface area contributed by atoms with Gasteiger partial charge in [0.1, 0.15) is 11.1 Å². The SMILES string of the molecule is O=C(Oc1cccc(OC(=O)c2ccccc2[N+](=O)[O-])c1O)c1ccccc1[N+](=O)[O-]. The summed E-state index contributed by atoms with van der Waals surface area (Å²) in [6.45, 7) is 0. The molecule has 1 N–H and O–H groups in total. The molecule has 11 nitrogen and oxygen atoms in total. The number of ether oxygens (including phenoxy) is 2. The molecule has 0 fully saturated rings. The van der Waals surface area contributed by atoms with Gasteiger partial charge in [-0.1, -0.05) is 30.3 Å². The summed E-state index contributed by atoms with van der Waals surface area (Å²) in [6, 6.07) is 13.7. The molecule has 0 unspecified atom stereocenters. The number of carbonyl (C=O) groups is 2. The van der Waals surface area contributed by atoms with Crippen LogP contribution in [0.5, 0.6) is 17.2 Å². The van der Waals surface area contributed by atoms with Gasteiger partial charge in [-0.05, 0) is 24.3 Å². The monoisotopic (exact) mass is 424 g/mol. The minimum absolute atomic E-state index is 0.353. The molecule has 0 spiro atoms. The highest BCUT2D eigenvalue weighted by molar-refractivity contribution is 5.96. The molecule has 3 aromatic carbocycles. The zero-order chi connectivity index (χ0) is 22.5. The number of carbonyl (C=O) groups excluding carboxylic acids is 2. The molecular formula is C20H12N2O9. The fourth-order valence-corrected chi connectivity index (χ4v) is 2.59. The van der Waals surface area contributed by atoms with Crippen LogP contribution in [0.15, 0.2) is 66.7 Å². The third-order valence-corrected chi connectivity index (χ3v) is 4.01. The van der Waals surface area contributed by atoms with Gasteiger partial charge in [-0.15, -0.1) is 0 Å². The molecule has 0 aromatic heterocycles. The Kier molecular flexibility index (Phi) is 5.87. The molecule has 0 saturated heterocycles. The highest BCUT2D eigenvalue weighted by Gasteiger charge is 2.25. The average molecular weight is 424 g/mol. The Morgan fingerprint density at radius 2 is 1.06 bits per heavy atom. The van der Waals surface area contributed by atoms with Gasteiger partial charge < -0.3 is 14.6 Å². The van der Waals surface area contributed by atoms with Crippen molar-refractivity contribution in [2.24, 2.45) is 0 Å². The van der Waals surface area contributed by atoms with Crippen molar-refractivity contribution in [3.63, 3.8) is 0 Å². The molecule has 156 valence electrons. The van der Waals surface area contributed by atoms with Gasteiger partial charge in [-0.2, -0.15) is 0 Å². The van der Waals surface area contributed by atoms with E-state index in [0.29, 0.717) is 0 Å². The summed E-state index contributed by atoms with van der Waals surface area (Å²) in [4.78, 5) is 45.3. The molecular weight excluding hydrogens is 412 g/mol. The minimum Gasteiger partial charge on any atom is -0.502 e. The van der Waals surface area contributed by atoms with Crippen LogP contribution in [0.25, 0.3) is 0 Å². The Balaban J connectivity index is 1.86. The van der Waals surface area contributed by atoms with Gasteiger partial charge in [-0.3, -0.25) is 20.2 Å². The summed E-state index contributed by atoms with van der Waals surface area (Å²) < 4.78 is 10.0. The van der Waals surface area contributed by atoms with Gasteiger partial charge in [0, 0.05) is 12.1 Å². The van der Waals surface area contributed by atoms with E-state index in [2.05, 4.69) is 0 Å². The smallest absolute Gasteiger partial charge is 0.350 e. The molecule has 0 amide bonds. The van der Waals surface area contributed by atoms with Crippen molar-refractivity contribution >= 4 is 23.3 Å². The standard InChI is InChI=1S/C20H12N2O9/c23-18-16(30-19(24)12-6-1-3-8-14(12)21(26)27)10-5-11-17(18)31-20(25)13-7-2-4-9-15(13)22(28)29/h1-11,23H. The molecule has 31 heavy (non-hydrogen) atoms. The number of hydrogen-bond donors (Lipinski definition) is 1. The van der Waals surface area contributed by atoms with Crippen molar-refractivity contribution in [3.8, 4) is 17.2 Å². The lowest BCUT2D eigenvalue weighted by Crippen LogP contribution is -2.13. The summed E-state index contributed by atoms with van der Waals surface area (Å²) >= 11 is 0. The Hall–Kier alpha value is -4.80. The van der Waals surface area contributed by atoms with E-state index in [1.807, 2.05) is 0 Å². The quantitative estimate of drug-likeness (QED) is 0.270.